The van der Waals surface area contributed by atoms with E-state index >= 15 is 0 Å². The molecule has 7 heteroatoms. The van der Waals surface area contributed by atoms with Crippen molar-refractivity contribution in [3.8, 4) is 0 Å². The number of rotatable bonds is 4. The van der Waals surface area contributed by atoms with Crippen LogP contribution in [0.4, 0.5) is 0 Å². The molecule has 1 unspecified atom stereocenters. The normalized spacial score (nSPS) is 17.2. The maximum Gasteiger partial charge on any atom is 0.252 e. The van der Waals surface area contributed by atoms with E-state index in [1.54, 1.807) is 12.4 Å². The molecular formula is C13H16N6O. The first-order valence-electron chi connectivity index (χ1n) is 6.59. The second-order valence-corrected chi connectivity index (χ2v) is 4.88. The van der Waals surface area contributed by atoms with Gasteiger partial charge in [-0.05, 0) is 25.9 Å². The van der Waals surface area contributed by atoms with Crippen LogP contribution in [0, 0.1) is 0 Å². The Bertz CT molecular complexity index is 590. The molecule has 0 spiro atoms. The number of carbonyl (C=O) groups excluding carboxylic acids is 1. The number of aromatic amines is 1. The van der Waals surface area contributed by atoms with Gasteiger partial charge in [0.1, 0.15) is 6.33 Å². The topological polar surface area (TPSA) is 101 Å². The number of amides is 1. The smallest absolute Gasteiger partial charge is 0.252 e. The fraction of sp³-hybridized carbons (Fsp3) is 0.385. The molecule has 3 N–H and O–H groups in total. The molecule has 0 aromatic carbocycles. The number of hydrogen-bond donors (Lipinski definition) is 2. The summed E-state index contributed by atoms with van der Waals surface area (Å²) >= 11 is 0. The maximum absolute atomic E-state index is 11.5. The van der Waals surface area contributed by atoms with Crippen LogP contribution in [0.15, 0.2) is 24.9 Å². The second-order valence-electron chi connectivity index (χ2n) is 4.88. The molecule has 1 saturated heterocycles. The zero-order valence-corrected chi connectivity index (χ0v) is 11.0. The molecule has 104 valence electrons. The van der Waals surface area contributed by atoms with Gasteiger partial charge in [-0.3, -0.25) is 14.8 Å². The number of nitrogens with two attached hydrogens (primary N) is 1. The third-order valence-corrected chi connectivity index (χ3v) is 3.61. The van der Waals surface area contributed by atoms with Gasteiger partial charge in [0.15, 0.2) is 0 Å². The number of primary amides is 1. The summed E-state index contributed by atoms with van der Waals surface area (Å²) in [6.45, 7) is 1.94. The summed E-state index contributed by atoms with van der Waals surface area (Å²) in [5.74, 6) is -0.477. The Morgan fingerprint density at radius 2 is 1.95 bits per heavy atom. The Morgan fingerprint density at radius 1 is 1.25 bits per heavy atom. The molecule has 0 radical (unpaired) electrons. The molecule has 7 nitrogen and oxygen atoms in total. The van der Waals surface area contributed by atoms with Crippen molar-refractivity contribution in [1.82, 2.24) is 25.1 Å². The zero-order valence-electron chi connectivity index (χ0n) is 11.0. The molecule has 1 aliphatic heterocycles. The maximum atomic E-state index is 11.5. The van der Waals surface area contributed by atoms with Crippen LogP contribution in [-0.4, -0.2) is 44.1 Å². The van der Waals surface area contributed by atoms with Crippen LogP contribution in [-0.2, 0) is 0 Å². The summed E-state index contributed by atoms with van der Waals surface area (Å²) in [5, 5.41) is 6.88. The molecule has 3 heterocycles. The summed E-state index contributed by atoms with van der Waals surface area (Å²) in [4.78, 5) is 22.0. The van der Waals surface area contributed by atoms with Gasteiger partial charge >= 0.3 is 0 Å². The number of carbonyl (C=O) groups is 1. The fourth-order valence-electron chi connectivity index (χ4n) is 2.71. The van der Waals surface area contributed by atoms with E-state index in [1.807, 2.05) is 0 Å². The largest absolute Gasteiger partial charge is 0.365 e. The Morgan fingerprint density at radius 3 is 2.60 bits per heavy atom. The van der Waals surface area contributed by atoms with E-state index in [4.69, 9.17) is 5.73 Å². The second kappa shape index (κ2) is 5.38. The minimum atomic E-state index is -0.477. The van der Waals surface area contributed by atoms with Gasteiger partial charge in [0.05, 0.1) is 23.5 Å². The van der Waals surface area contributed by atoms with Gasteiger partial charge in [-0.15, -0.1) is 0 Å². The third kappa shape index (κ3) is 2.27. The van der Waals surface area contributed by atoms with Crippen LogP contribution in [0.1, 0.15) is 40.5 Å². The lowest BCUT2D eigenvalue weighted by Crippen LogP contribution is -2.29. The average Bonchev–Trinajstić information content (AvgIpc) is 3.12. The highest BCUT2D eigenvalue weighted by atomic mass is 16.1. The summed E-state index contributed by atoms with van der Waals surface area (Å²) in [7, 11) is 0. The molecule has 0 bridgehead atoms. The van der Waals surface area contributed by atoms with Crippen molar-refractivity contribution in [1.29, 1.82) is 0 Å². The van der Waals surface area contributed by atoms with E-state index in [0.717, 1.165) is 31.5 Å². The van der Waals surface area contributed by atoms with E-state index in [2.05, 4.69) is 25.1 Å². The molecule has 2 aromatic rings. The van der Waals surface area contributed by atoms with Crippen LogP contribution in [0.5, 0.6) is 0 Å². The van der Waals surface area contributed by atoms with Gasteiger partial charge < -0.3 is 5.73 Å². The predicted octanol–water partition coefficient (Wildman–Crippen LogP) is 0.484. The highest BCUT2D eigenvalue weighted by Crippen LogP contribution is 2.31. The number of nitrogens with one attached hydrogen (secondary N) is 1. The van der Waals surface area contributed by atoms with Crippen molar-refractivity contribution in [3.05, 3.63) is 41.7 Å². The number of hydrogen-bond acceptors (Lipinski definition) is 5. The van der Waals surface area contributed by atoms with Gasteiger partial charge in [-0.25, -0.2) is 9.97 Å². The minimum absolute atomic E-state index is 0.108. The van der Waals surface area contributed by atoms with Crippen LogP contribution in [0.2, 0.25) is 0 Å². The lowest BCUT2D eigenvalue weighted by atomic mass is 10.0. The van der Waals surface area contributed by atoms with Crippen molar-refractivity contribution in [2.75, 3.05) is 13.1 Å². The van der Waals surface area contributed by atoms with Gasteiger partial charge in [0.2, 0.25) is 0 Å². The summed E-state index contributed by atoms with van der Waals surface area (Å²) in [5.41, 5.74) is 7.50. The highest BCUT2D eigenvalue weighted by Gasteiger charge is 2.29. The first kappa shape index (κ1) is 12.7. The molecule has 0 saturated carbocycles. The molecule has 1 fully saturated rings. The predicted molar refractivity (Wildman–Crippen MR) is 71.8 cm³/mol. The van der Waals surface area contributed by atoms with Crippen molar-refractivity contribution >= 4 is 5.91 Å². The van der Waals surface area contributed by atoms with Crippen LogP contribution in [0.25, 0.3) is 0 Å². The van der Waals surface area contributed by atoms with Gasteiger partial charge in [0, 0.05) is 18.0 Å². The summed E-state index contributed by atoms with van der Waals surface area (Å²) < 4.78 is 0. The summed E-state index contributed by atoms with van der Waals surface area (Å²) in [6.07, 6.45) is 8.79. The molecular weight excluding hydrogens is 256 g/mol. The molecule has 1 atom stereocenters. The Kier molecular flexibility index (Phi) is 3.42. The van der Waals surface area contributed by atoms with Gasteiger partial charge in [-0.1, -0.05) is 0 Å². The number of likely N-dealkylation sites (tertiary alicyclic amines) is 1. The van der Waals surface area contributed by atoms with Crippen LogP contribution in [0.3, 0.4) is 0 Å². The minimum Gasteiger partial charge on any atom is -0.365 e. The van der Waals surface area contributed by atoms with E-state index < -0.39 is 5.91 Å². The Hall–Kier alpha value is -2.28. The van der Waals surface area contributed by atoms with Crippen LogP contribution < -0.4 is 5.73 Å². The monoisotopic (exact) mass is 272 g/mol. The van der Waals surface area contributed by atoms with E-state index in [-0.39, 0.29) is 6.04 Å². The molecule has 2 aromatic heterocycles. The number of nitrogens with zero attached hydrogens (tertiary/aromatic N) is 4. The quantitative estimate of drug-likeness (QED) is 0.843. The first-order valence-corrected chi connectivity index (χ1v) is 6.59. The van der Waals surface area contributed by atoms with Gasteiger partial charge in [-0.2, -0.15) is 5.10 Å². The van der Waals surface area contributed by atoms with Crippen molar-refractivity contribution in [2.45, 2.75) is 18.9 Å². The van der Waals surface area contributed by atoms with E-state index in [1.165, 1.54) is 12.5 Å². The van der Waals surface area contributed by atoms with Crippen molar-refractivity contribution in [2.24, 2.45) is 5.73 Å². The number of H-pyrrole nitrogens is 1. The van der Waals surface area contributed by atoms with Crippen molar-refractivity contribution in [3.63, 3.8) is 0 Å². The Labute approximate surface area is 116 Å². The standard InChI is InChI=1S/C13H16N6O/c14-13(20)10-7-17-18-11(10)12(19-3-1-2-4-19)9-5-15-8-16-6-9/h5-8,12H,1-4H2,(H2,14,20)(H,17,18). The molecule has 20 heavy (non-hydrogen) atoms. The molecule has 1 amide bonds. The fourth-order valence-corrected chi connectivity index (χ4v) is 2.71. The van der Waals surface area contributed by atoms with Crippen LogP contribution >= 0.6 is 0 Å². The number of aromatic nitrogens is 4. The Balaban J connectivity index is 2.05. The molecule has 1 aliphatic rings. The average molecular weight is 272 g/mol. The lowest BCUT2D eigenvalue weighted by molar-refractivity contribution is 0.0997. The lowest BCUT2D eigenvalue weighted by Gasteiger charge is -2.26. The highest BCUT2D eigenvalue weighted by molar-refractivity contribution is 5.93. The third-order valence-electron chi connectivity index (χ3n) is 3.61. The SMILES string of the molecule is NC(=O)c1cn[nH]c1C(c1cncnc1)N1CCCC1. The summed E-state index contributed by atoms with van der Waals surface area (Å²) in [6, 6.07) is -0.108. The molecule has 3 rings (SSSR count). The van der Waals surface area contributed by atoms with Gasteiger partial charge in [0.25, 0.3) is 5.91 Å². The van der Waals surface area contributed by atoms with Crippen molar-refractivity contribution < 1.29 is 4.79 Å². The van der Waals surface area contributed by atoms with E-state index in [0.29, 0.717) is 11.3 Å². The van der Waals surface area contributed by atoms with E-state index in [9.17, 15) is 4.79 Å². The zero-order chi connectivity index (χ0) is 13.9. The molecule has 0 aliphatic carbocycles. The first-order chi connectivity index (χ1) is 9.77.